The molecule has 2 aliphatic heterocycles. The Labute approximate surface area is 99.5 Å². The lowest BCUT2D eigenvalue weighted by Crippen LogP contribution is -2.54. The molecule has 3 heteroatoms. The van der Waals surface area contributed by atoms with Gasteiger partial charge in [-0.3, -0.25) is 4.90 Å². The molecule has 3 unspecified atom stereocenters. The van der Waals surface area contributed by atoms with Crippen LogP contribution in [0, 0.1) is 5.92 Å². The van der Waals surface area contributed by atoms with E-state index in [4.69, 9.17) is 4.74 Å². The molecule has 3 nitrogen and oxygen atoms in total. The number of rotatable bonds is 4. The summed E-state index contributed by atoms with van der Waals surface area (Å²) in [5.41, 5.74) is 0. The van der Waals surface area contributed by atoms with Gasteiger partial charge in [-0.25, -0.2) is 0 Å². The van der Waals surface area contributed by atoms with Gasteiger partial charge in [0.15, 0.2) is 0 Å². The van der Waals surface area contributed by atoms with Gasteiger partial charge in [-0.1, -0.05) is 13.3 Å². The number of ether oxygens (including phenoxy) is 1. The lowest BCUT2D eigenvalue weighted by Gasteiger charge is -2.39. The first-order chi connectivity index (χ1) is 7.81. The highest BCUT2D eigenvalue weighted by atomic mass is 16.5. The van der Waals surface area contributed by atoms with Gasteiger partial charge in [0.25, 0.3) is 0 Å². The Morgan fingerprint density at radius 2 is 2.38 bits per heavy atom. The van der Waals surface area contributed by atoms with Crippen molar-refractivity contribution in [1.82, 2.24) is 10.2 Å². The highest BCUT2D eigenvalue weighted by Crippen LogP contribution is 2.22. The van der Waals surface area contributed by atoms with Crippen LogP contribution in [0.15, 0.2) is 0 Å². The summed E-state index contributed by atoms with van der Waals surface area (Å²) in [6.45, 7) is 10.2. The van der Waals surface area contributed by atoms with E-state index >= 15 is 0 Å². The van der Waals surface area contributed by atoms with Crippen LogP contribution in [0.5, 0.6) is 0 Å². The Balaban J connectivity index is 1.82. The van der Waals surface area contributed by atoms with Gasteiger partial charge >= 0.3 is 0 Å². The van der Waals surface area contributed by atoms with E-state index in [2.05, 4.69) is 24.1 Å². The number of hydrogen-bond donors (Lipinski definition) is 1. The van der Waals surface area contributed by atoms with Crippen LogP contribution in [0.4, 0.5) is 0 Å². The summed E-state index contributed by atoms with van der Waals surface area (Å²) in [6.07, 6.45) is 3.85. The van der Waals surface area contributed by atoms with Crippen LogP contribution in [0.1, 0.15) is 33.1 Å². The molecule has 94 valence electrons. The van der Waals surface area contributed by atoms with E-state index < -0.39 is 0 Å². The molecule has 0 spiro atoms. The van der Waals surface area contributed by atoms with Crippen LogP contribution < -0.4 is 5.32 Å². The van der Waals surface area contributed by atoms with Crippen molar-refractivity contribution in [1.29, 1.82) is 0 Å². The summed E-state index contributed by atoms with van der Waals surface area (Å²) in [7, 11) is 0. The Morgan fingerprint density at radius 1 is 1.50 bits per heavy atom. The minimum atomic E-state index is 0.698. The smallest absolute Gasteiger partial charge is 0.0509 e. The molecular formula is C13H26N2O. The Morgan fingerprint density at radius 3 is 3.06 bits per heavy atom. The van der Waals surface area contributed by atoms with Crippen molar-refractivity contribution < 1.29 is 4.74 Å². The SMILES string of the molecule is CCCC1CN(C(C)C2CCOC2)CCN1. The van der Waals surface area contributed by atoms with Crippen LogP contribution in [-0.4, -0.2) is 49.8 Å². The summed E-state index contributed by atoms with van der Waals surface area (Å²) in [5, 5.41) is 3.62. The first-order valence-electron chi connectivity index (χ1n) is 6.86. The Bertz CT molecular complexity index is 202. The largest absolute Gasteiger partial charge is 0.381 e. The van der Waals surface area contributed by atoms with Crippen molar-refractivity contribution in [2.45, 2.75) is 45.2 Å². The minimum absolute atomic E-state index is 0.698. The van der Waals surface area contributed by atoms with Crippen LogP contribution in [-0.2, 0) is 4.74 Å². The van der Waals surface area contributed by atoms with Gasteiger partial charge in [0.2, 0.25) is 0 Å². The zero-order valence-electron chi connectivity index (χ0n) is 10.7. The van der Waals surface area contributed by atoms with Gasteiger partial charge in [-0.05, 0) is 25.7 Å². The predicted octanol–water partition coefficient (Wildman–Crippen LogP) is 1.49. The molecular weight excluding hydrogens is 200 g/mol. The third-order valence-corrected chi connectivity index (χ3v) is 4.15. The molecule has 0 saturated carbocycles. The van der Waals surface area contributed by atoms with E-state index in [0.29, 0.717) is 12.1 Å². The molecule has 2 aliphatic rings. The van der Waals surface area contributed by atoms with E-state index in [0.717, 1.165) is 25.7 Å². The second-order valence-corrected chi connectivity index (χ2v) is 5.30. The summed E-state index contributed by atoms with van der Waals surface area (Å²) in [4.78, 5) is 2.66. The molecule has 0 aromatic rings. The van der Waals surface area contributed by atoms with Crippen LogP contribution >= 0.6 is 0 Å². The van der Waals surface area contributed by atoms with E-state index in [-0.39, 0.29) is 0 Å². The van der Waals surface area contributed by atoms with E-state index in [1.54, 1.807) is 0 Å². The minimum Gasteiger partial charge on any atom is -0.381 e. The summed E-state index contributed by atoms with van der Waals surface area (Å²) in [6, 6.07) is 1.41. The van der Waals surface area contributed by atoms with Crippen LogP contribution in [0.3, 0.4) is 0 Å². The average Bonchev–Trinajstić information content (AvgIpc) is 2.82. The third kappa shape index (κ3) is 2.96. The molecule has 16 heavy (non-hydrogen) atoms. The Hall–Kier alpha value is -0.120. The van der Waals surface area contributed by atoms with Crippen molar-refractivity contribution in [3.05, 3.63) is 0 Å². The molecule has 0 bridgehead atoms. The highest BCUT2D eigenvalue weighted by molar-refractivity contribution is 4.85. The summed E-state index contributed by atoms with van der Waals surface area (Å²) < 4.78 is 5.50. The number of nitrogens with zero attached hydrogens (tertiary/aromatic N) is 1. The zero-order chi connectivity index (χ0) is 11.4. The van der Waals surface area contributed by atoms with Crippen molar-refractivity contribution >= 4 is 0 Å². The molecule has 2 heterocycles. The lowest BCUT2D eigenvalue weighted by molar-refractivity contribution is 0.0983. The fourth-order valence-corrected chi connectivity index (χ4v) is 2.99. The van der Waals surface area contributed by atoms with Crippen molar-refractivity contribution in [3.63, 3.8) is 0 Å². The predicted molar refractivity (Wildman–Crippen MR) is 66.7 cm³/mol. The first kappa shape index (κ1) is 12.3. The molecule has 2 saturated heterocycles. The van der Waals surface area contributed by atoms with Crippen LogP contribution in [0.25, 0.3) is 0 Å². The van der Waals surface area contributed by atoms with Crippen molar-refractivity contribution in [2.24, 2.45) is 5.92 Å². The summed E-state index contributed by atoms with van der Waals surface area (Å²) >= 11 is 0. The fourth-order valence-electron chi connectivity index (χ4n) is 2.99. The molecule has 0 aromatic heterocycles. The van der Waals surface area contributed by atoms with E-state index in [1.165, 1.54) is 32.4 Å². The molecule has 0 aliphatic carbocycles. The van der Waals surface area contributed by atoms with Gasteiger partial charge in [-0.2, -0.15) is 0 Å². The van der Waals surface area contributed by atoms with Crippen molar-refractivity contribution in [2.75, 3.05) is 32.8 Å². The number of hydrogen-bond acceptors (Lipinski definition) is 3. The van der Waals surface area contributed by atoms with Crippen molar-refractivity contribution in [3.8, 4) is 0 Å². The molecule has 0 amide bonds. The van der Waals surface area contributed by atoms with E-state index in [1.807, 2.05) is 0 Å². The number of nitrogens with one attached hydrogen (secondary N) is 1. The normalized spacial score (nSPS) is 34.1. The average molecular weight is 226 g/mol. The van der Waals surface area contributed by atoms with Gasteiger partial charge < -0.3 is 10.1 Å². The standard InChI is InChI=1S/C13H26N2O/c1-3-4-13-9-15(7-6-14-13)11(2)12-5-8-16-10-12/h11-14H,3-10H2,1-2H3. The second kappa shape index (κ2) is 5.99. The van der Waals surface area contributed by atoms with Gasteiger partial charge in [0, 0.05) is 38.3 Å². The fraction of sp³-hybridized carbons (Fsp3) is 1.00. The first-order valence-corrected chi connectivity index (χ1v) is 6.86. The molecule has 2 fully saturated rings. The van der Waals surface area contributed by atoms with E-state index in [9.17, 15) is 0 Å². The molecule has 1 N–H and O–H groups in total. The Kier molecular flexibility index (Phi) is 4.62. The molecule has 0 aromatic carbocycles. The number of piperazine rings is 1. The molecule has 2 rings (SSSR count). The topological polar surface area (TPSA) is 24.5 Å². The monoisotopic (exact) mass is 226 g/mol. The maximum atomic E-state index is 5.50. The zero-order valence-corrected chi connectivity index (χ0v) is 10.7. The summed E-state index contributed by atoms with van der Waals surface area (Å²) in [5.74, 6) is 0.764. The maximum Gasteiger partial charge on any atom is 0.0509 e. The van der Waals surface area contributed by atoms with Gasteiger partial charge in [-0.15, -0.1) is 0 Å². The lowest BCUT2D eigenvalue weighted by atomic mass is 9.97. The van der Waals surface area contributed by atoms with Crippen LogP contribution in [0.2, 0.25) is 0 Å². The molecule has 3 atom stereocenters. The maximum absolute atomic E-state index is 5.50. The third-order valence-electron chi connectivity index (χ3n) is 4.15. The highest BCUT2D eigenvalue weighted by Gasteiger charge is 2.29. The molecule has 0 radical (unpaired) electrons. The van der Waals surface area contributed by atoms with Gasteiger partial charge in [0.05, 0.1) is 6.61 Å². The van der Waals surface area contributed by atoms with Gasteiger partial charge in [0.1, 0.15) is 0 Å². The quantitative estimate of drug-likeness (QED) is 0.786. The second-order valence-electron chi connectivity index (χ2n) is 5.30.